The van der Waals surface area contributed by atoms with Gasteiger partial charge in [0.05, 0.1) is 16.9 Å². The van der Waals surface area contributed by atoms with E-state index in [-0.39, 0.29) is 0 Å². The van der Waals surface area contributed by atoms with Crippen LogP contribution in [0.2, 0.25) is 5.02 Å². The molecule has 3 nitrogen and oxygen atoms in total. The van der Waals surface area contributed by atoms with E-state index in [0.717, 1.165) is 17.3 Å². The average Bonchev–Trinajstić information content (AvgIpc) is 2.35. The van der Waals surface area contributed by atoms with Crippen LogP contribution in [0.3, 0.4) is 0 Å². The van der Waals surface area contributed by atoms with Crippen molar-refractivity contribution in [2.45, 2.75) is 18.8 Å². The summed E-state index contributed by atoms with van der Waals surface area (Å²) in [6, 6.07) is 0. The van der Waals surface area contributed by atoms with Gasteiger partial charge in [0.2, 0.25) is 0 Å². The summed E-state index contributed by atoms with van der Waals surface area (Å²) in [5.41, 5.74) is 6.81. The number of hydrogen-bond acceptors (Lipinski definition) is 2. The lowest BCUT2D eigenvalue weighted by molar-refractivity contribution is 0.252. The van der Waals surface area contributed by atoms with Crippen LogP contribution in [0.15, 0.2) is 6.20 Å². The minimum Gasteiger partial charge on any atom is -0.330 e. The zero-order valence-corrected chi connectivity index (χ0v) is 8.46. The number of nitrogens with two attached hydrogens (primary N) is 1. The quantitative estimate of drug-likeness (QED) is 0.785. The van der Waals surface area contributed by atoms with E-state index < -0.39 is 0 Å². The smallest absolute Gasteiger partial charge is 0.0820 e. The topological polar surface area (TPSA) is 43.8 Å². The van der Waals surface area contributed by atoms with Gasteiger partial charge in [-0.15, -0.1) is 0 Å². The SMILES string of the molecule is Cn1ncc(Cl)c1C1CCC1CN. The number of hydrogen-bond donors (Lipinski definition) is 1. The van der Waals surface area contributed by atoms with Crippen molar-refractivity contribution < 1.29 is 0 Å². The molecule has 0 radical (unpaired) electrons. The second-order valence-electron chi connectivity index (χ2n) is 3.68. The fourth-order valence-corrected chi connectivity index (χ4v) is 2.35. The molecule has 0 saturated heterocycles. The summed E-state index contributed by atoms with van der Waals surface area (Å²) in [5.74, 6) is 1.14. The molecule has 1 fully saturated rings. The molecular weight excluding hydrogens is 186 g/mol. The molecule has 1 heterocycles. The molecule has 1 aliphatic rings. The molecule has 1 saturated carbocycles. The van der Waals surface area contributed by atoms with E-state index in [1.807, 2.05) is 11.7 Å². The van der Waals surface area contributed by atoms with Crippen LogP contribution in [0.25, 0.3) is 0 Å². The Balaban J connectivity index is 2.25. The maximum atomic E-state index is 6.05. The van der Waals surface area contributed by atoms with Gasteiger partial charge >= 0.3 is 0 Å². The number of aromatic nitrogens is 2. The first-order chi connectivity index (χ1) is 6.24. The molecule has 72 valence electrons. The largest absolute Gasteiger partial charge is 0.330 e. The first kappa shape index (κ1) is 9.03. The van der Waals surface area contributed by atoms with E-state index >= 15 is 0 Å². The minimum absolute atomic E-state index is 0.532. The molecule has 0 spiro atoms. The van der Waals surface area contributed by atoms with Crippen LogP contribution in [-0.2, 0) is 7.05 Å². The summed E-state index contributed by atoms with van der Waals surface area (Å²) in [4.78, 5) is 0. The summed E-state index contributed by atoms with van der Waals surface area (Å²) >= 11 is 6.05. The van der Waals surface area contributed by atoms with Crippen LogP contribution >= 0.6 is 11.6 Å². The predicted octanol–water partition coefficient (Wildman–Crippen LogP) is 1.53. The lowest BCUT2D eigenvalue weighted by Crippen LogP contribution is -2.32. The molecule has 2 atom stereocenters. The summed E-state index contributed by atoms with van der Waals surface area (Å²) < 4.78 is 1.87. The fraction of sp³-hybridized carbons (Fsp3) is 0.667. The molecule has 1 aromatic heterocycles. The van der Waals surface area contributed by atoms with E-state index in [1.54, 1.807) is 6.20 Å². The Morgan fingerprint density at radius 2 is 2.46 bits per heavy atom. The maximum absolute atomic E-state index is 6.05. The van der Waals surface area contributed by atoms with Gasteiger partial charge in [0.15, 0.2) is 0 Å². The van der Waals surface area contributed by atoms with Crippen molar-refractivity contribution in [1.29, 1.82) is 0 Å². The van der Waals surface area contributed by atoms with Gasteiger partial charge in [0.1, 0.15) is 0 Å². The van der Waals surface area contributed by atoms with Gasteiger partial charge in [0.25, 0.3) is 0 Å². The third-order valence-corrected chi connectivity index (χ3v) is 3.30. The van der Waals surface area contributed by atoms with Crippen molar-refractivity contribution in [2.24, 2.45) is 18.7 Å². The van der Waals surface area contributed by atoms with Gasteiger partial charge in [-0.25, -0.2) is 0 Å². The van der Waals surface area contributed by atoms with E-state index in [1.165, 1.54) is 12.8 Å². The molecule has 13 heavy (non-hydrogen) atoms. The van der Waals surface area contributed by atoms with Crippen LogP contribution < -0.4 is 5.73 Å². The van der Waals surface area contributed by atoms with Gasteiger partial charge in [-0.3, -0.25) is 4.68 Å². The molecule has 2 rings (SSSR count). The van der Waals surface area contributed by atoms with Crippen molar-refractivity contribution in [3.8, 4) is 0 Å². The van der Waals surface area contributed by atoms with Crippen LogP contribution in [0.1, 0.15) is 24.5 Å². The van der Waals surface area contributed by atoms with Crippen molar-refractivity contribution in [3.63, 3.8) is 0 Å². The second kappa shape index (κ2) is 3.31. The first-order valence-electron chi connectivity index (χ1n) is 4.61. The normalized spacial score (nSPS) is 27.3. The Morgan fingerprint density at radius 3 is 2.85 bits per heavy atom. The van der Waals surface area contributed by atoms with Crippen molar-refractivity contribution in [1.82, 2.24) is 9.78 Å². The molecule has 0 amide bonds. The van der Waals surface area contributed by atoms with Gasteiger partial charge in [0, 0.05) is 13.0 Å². The lowest BCUT2D eigenvalue weighted by Gasteiger charge is -2.35. The standard InChI is InChI=1S/C9H14ClN3/c1-13-9(8(10)5-12-13)7-3-2-6(7)4-11/h5-7H,2-4,11H2,1H3. The Labute approximate surface area is 82.9 Å². The highest BCUT2D eigenvalue weighted by Gasteiger charge is 2.34. The van der Waals surface area contributed by atoms with Crippen molar-refractivity contribution >= 4 is 11.6 Å². The van der Waals surface area contributed by atoms with E-state index in [4.69, 9.17) is 17.3 Å². The van der Waals surface area contributed by atoms with Gasteiger partial charge in [-0.05, 0) is 25.3 Å². The molecule has 0 aromatic carbocycles. The third-order valence-electron chi connectivity index (χ3n) is 3.01. The predicted molar refractivity (Wildman–Crippen MR) is 52.7 cm³/mol. The molecule has 1 aliphatic carbocycles. The maximum Gasteiger partial charge on any atom is 0.0820 e. The highest BCUT2D eigenvalue weighted by atomic mass is 35.5. The van der Waals surface area contributed by atoms with Crippen LogP contribution in [0, 0.1) is 5.92 Å². The minimum atomic E-state index is 0.532. The highest BCUT2D eigenvalue weighted by Crippen LogP contribution is 2.43. The summed E-state index contributed by atoms with van der Waals surface area (Å²) in [7, 11) is 1.94. The van der Waals surface area contributed by atoms with E-state index in [0.29, 0.717) is 11.8 Å². The van der Waals surface area contributed by atoms with Crippen LogP contribution in [0.5, 0.6) is 0 Å². The first-order valence-corrected chi connectivity index (χ1v) is 4.99. The summed E-state index contributed by atoms with van der Waals surface area (Å²) in [5, 5.41) is 4.91. The number of aryl methyl sites for hydroxylation is 1. The zero-order chi connectivity index (χ0) is 9.42. The Bertz CT molecular complexity index is 286. The summed E-state index contributed by atoms with van der Waals surface area (Å²) in [6.07, 6.45) is 4.13. The van der Waals surface area contributed by atoms with Gasteiger partial charge in [-0.2, -0.15) is 5.10 Å². The van der Waals surface area contributed by atoms with E-state index in [2.05, 4.69) is 5.10 Å². The Morgan fingerprint density at radius 1 is 1.69 bits per heavy atom. The molecule has 0 aliphatic heterocycles. The third kappa shape index (κ3) is 1.36. The van der Waals surface area contributed by atoms with Crippen molar-refractivity contribution in [2.75, 3.05) is 6.54 Å². The summed E-state index contributed by atoms with van der Waals surface area (Å²) in [6.45, 7) is 0.756. The molecule has 2 N–H and O–H groups in total. The number of nitrogens with zero attached hydrogens (tertiary/aromatic N) is 2. The molecular formula is C9H14ClN3. The number of halogens is 1. The van der Waals surface area contributed by atoms with Gasteiger partial charge < -0.3 is 5.73 Å². The van der Waals surface area contributed by atoms with E-state index in [9.17, 15) is 0 Å². The highest BCUT2D eigenvalue weighted by molar-refractivity contribution is 6.31. The fourth-order valence-electron chi connectivity index (χ4n) is 2.05. The zero-order valence-electron chi connectivity index (χ0n) is 7.70. The number of rotatable bonds is 2. The van der Waals surface area contributed by atoms with Gasteiger partial charge in [-0.1, -0.05) is 11.6 Å². The second-order valence-corrected chi connectivity index (χ2v) is 4.09. The molecule has 0 bridgehead atoms. The van der Waals surface area contributed by atoms with Crippen molar-refractivity contribution in [3.05, 3.63) is 16.9 Å². The van der Waals surface area contributed by atoms with Crippen LogP contribution in [0.4, 0.5) is 0 Å². The lowest BCUT2D eigenvalue weighted by atomic mass is 9.72. The molecule has 1 aromatic rings. The Hall–Kier alpha value is -0.540. The monoisotopic (exact) mass is 199 g/mol. The average molecular weight is 200 g/mol. The Kier molecular flexibility index (Phi) is 2.30. The molecule has 2 unspecified atom stereocenters. The van der Waals surface area contributed by atoms with Crippen LogP contribution in [-0.4, -0.2) is 16.3 Å². The molecule has 4 heteroatoms.